The molecule has 0 saturated carbocycles. The monoisotopic (exact) mass is 438 g/mol. The first-order chi connectivity index (χ1) is 12.3. The fourth-order valence-electron chi connectivity index (χ4n) is 3.42. The van der Waals surface area contributed by atoms with Crippen LogP contribution in [0.3, 0.4) is 0 Å². The Labute approximate surface area is 163 Å². The molecular formula is C19H23BrN2O3S. The van der Waals surface area contributed by atoms with Crippen LogP contribution in [0.15, 0.2) is 45.8 Å². The maximum absolute atomic E-state index is 12.9. The van der Waals surface area contributed by atoms with Crippen LogP contribution in [0.5, 0.6) is 5.75 Å². The zero-order valence-electron chi connectivity index (χ0n) is 15.1. The van der Waals surface area contributed by atoms with Gasteiger partial charge < -0.3 is 9.64 Å². The highest BCUT2D eigenvalue weighted by Crippen LogP contribution is 2.37. The summed E-state index contributed by atoms with van der Waals surface area (Å²) in [4.78, 5) is 2.44. The average Bonchev–Trinajstić information content (AvgIpc) is 2.61. The first-order valence-corrected chi connectivity index (χ1v) is 10.7. The van der Waals surface area contributed by atoms with Crippen LogP contribution in [-0.4, -0.2) is 40.6 Å². The van der Waals surface area contributed by atoms with Crippen molar-refractivity contribution >= 4 is 31.6 Å². The lowest BCUT2D eigenvalue weighted by molar-refractivity contribution is 0.265. The molecule has 2 aromatic rings. The van der Waals surface area contributed by atoms with E-state index in [0.29, 0.717) is 16.2 Å². The quantitative estimate of drug-likeness (QED) is 0.773. The van der Waals surface area contributed by atoms with E-state index in [1.165, 1.54) is 0 Å². The molecule has 140 valence electrons. The fourth-order valence-corrected chi connectivity index (χ4v) is 5.52. The molecule has 5 nitrogen and oxygen atoms in total. The number of hydrogen-bond donors (Lipinski definition) is 1. The number of likely N-dealkylation sites (N-methyl/N-ethyl adjacent to an activating group) is 1. The Bertz CT molecular complexity index is 913. The second-order valence-corrected chi connectivity index (χ2v) is 9.17. The molecule has 0 spiro atoms. The van der Waals surface area contributed by atoms with Gasteiger partial charge in [0.2, 0.25) is 0 Å². The van der Waals surface area contributed by atoms with Crippen molar-refractivity contribution in [1.82, 2.24) is 4.90 Å². The van der Waals surface area contributed by atoms with Crippen LogP contribution in [-0.2, 0) is 22.9 Å². The lowest BCUT2D eigenvalue weighted by atomic mass is 9.86. The number of anilines is 1. The number of ether oxygens (including phenoxy) is 1. The molecule has 0 aromatic heterocycles. The van der Waals surface area contributed by atoms with Gasteiger partial charge in [0.15, 0.2) is 0 Å². The number of methoxy groups -OCH3 is 1. The third kappa shape index (κ3) is 3.75. The summed E-state index contributed by atoms with van der Waals surface area (Å²) in [6.45, 7) is 0. The van der Waals surface area contributed by atoms with Gasteiger partial charge in [0, 0.05) is 16.1 Å². The Morgan fingerprint density at radius 2 is 1.88 bits per heavy atom. The van der Waals surface area contributed by atoms with Gasteiger partial charge >= 0.3 is 0 Å². The van der Waals surface area contributed by atoms with Crippen molar-refractivity contribution in [3.63, 3.8) is 0 Å². The maximum Gasteiger partial charge on any atom is 0.263 e. The fraction of sp³-hybridized carbons (Fsp3) is 0.368. The number of sulfonamides is 1. The smallest absolute Gasteiger partial charge is 0.263 e. The lowest BCUT2D eigenvalue weighted by Gasteiger charge is -2.32. The number of nitrogens with zero attached hydrogens (tertiary/aromatic N) is 1. The minimum Gasteiger partial charge on any atom is -0.496 e. The molecule has 1 aliphatic carbocycles. The molecule has 0 amide bonds. The molecule has 2 aromatic carbocycles. The number of benzene rings is 2. The molecule has 1 atom stereocenters. The molecule has 0 fully saturated rings. The summed E-state index contributed by atoms with van der Waals surface area (Å²) in [7, 11) is 2.12. The summed E-state index contributed by atoms with van der Waals surface area (Å²) in [5.41, 5.74) is 2.75. The van der Waals surface area contributed by atoms with Crippen molar-refractivity contribution in [2.24, 2.45) is 0 Å². The minimum absolute atomic E-state index is 0.228. The zero-order valence-corrected chi connectivity index (χ0v) is 17.5. The average molecular weight is 439 g/mol. The SMILES string of the molecule is COc1ccc(NS(=O)(=O)c2ccccc2Br)c2c1C[C@@H](N(C)C)CC2. The molecule has 0 unspecified atom stereocenters. The van der Waals surface area contributed by atoms with Gasteiger partial charge in [-0.15, -0.1) is 0 Å². The molecule has 26 heavy (non-hydrogen) atoms. The molecule has 0 heterocycles. The van der Waals surface area contributed by atoms with Gasteiger partial charge in [-0.2, -0.15) is 0 Å². The summed E-state index contributed by atoms with van der Waals surface area (Å²) in [6.07, 6.45) is 2.64. The highest BCUT2D eigenvalue weighted by Gasteiger charge is 2.27. The van der Waals surface area contributed by atoms with Gasteiger partial charge in [0.05, 0.1) is 12.8 Å². The third-order valence-corrected chi connectivity index (χ3v) is 7.25. The van der Waals surface area contributed by atoms with Gasteiger partial charge in [-0.3, -0.25) is 4.72 Å². The number of rotatable bonds is 5. The number of fused-ring (bicyclic) bond motifs is 1. The Morgan fingerprint density at radius 3 is 2.54 bits per heavy atom. The van der Waals surface area contributed by atoms with E-state index in [-0.39, 0.29) is 4.90 Å². The first-order valence-electron chi connectivity index (χ1n) is 8.46. The van der Waals surface area contributed by atoms with Gasteiger partial charge in [0.25, 0.3) is 10.0 Å². The van der Waals surface area contributed by atoms with Crippen LogP contribution in [0.2, 0.25) is 0 Å². The summed E-state index contributed by atoms with van der Waals surface area (Å²) in [6, 6.07) is 10.9. The molecule has 1 N–H and O–H groups in total. The zero-order chi connectivity index (χ0) is 18.9. The molecule has 0 aliphatic heterocycles. The molecule has 3 rings (SSSR count). The van der Waals surface area contributed by atoms with Crippen molar-refractivity contribution < 1.29 is 13.2 Å². The van der Waals surface area contributed by atoms with Gasteiger partial charge in [-0.05, 0) is 79.1 Å². The van der Waals surface area contributed by atoms with E-state index in [0.717, 1.165) is 36.1 Å². The molecule has 0 saturated heterocycles. The summed E-state index contributed by atoms with van der Waals surface area (Å²) in [5, 5.41) is 0. The largest absolute Gasteiger partial charge is 0.496 e. The van der Waals surface area contributed by atoms with Crippen molar-refractivity contribution in [1.29, 1.82) is 0 Å². The minimum atomic E-state index is -3.68. The Balaban J connectivity index is 2.00. The van der Waals surface area contributed by atoms with E-state index in [1.54, 1.807) is 37.4 Å². The maximum atomic E-state index is 12.9. The predicted molar refractivity (Wildman–Crippen MR) is 107 cm³/mol. The molecule has 0 bridgehead atoms. The predicted octanol–water partition coefficient (Wildman–Crippen LogP) is 3.68. The third-order valence-electron chi connectivity index (χ3n) is 4.88. The van der Waals surface area contributed by atoms with Crippen LogP contribution in [0.1, 0.15) is 17.5 Å². The van der Waals surface area contributed by atoms with Crippen molar-refractivity contribution in [2.75, 3.05) is 25.9 Å². The Morgan fingerprint density at radius 1 is 1.15 bits per heavy atom. The van der Waals surface area contributed by atoms with Crippen LogP contribution in [0, 0.1) is 0 Å². The van der Waals surface area contributed by atoms with E-state index in [4.69, 9.17) is 4.74 Å². The van der Waals surface area contributed by atoms with E-state index in [9.17, 15) is 8.42 Å². The van der Waals surface area contributed by atoms with E-state index >= 15 is 0 Å². The van der Waals surface area contributed by atoms with E-state index in [2.05, 4.69) is 39.6 Å². The molecule has 1 aliphatic rings. The van der Waals surface area contributed by atoms with Gasteiger partial charge in [-0.25, -0.2) is 8.42 Å². The van der Waals surface area contributed by atoms with Gasteiger partial charge in [-0.1, -0.05) is 12.1 Å². The van der Waals surface area contributed by atoms with Crippen LogP contribution >= 0.6 is 15.9 Å². The standard InChI is InChI=1S/C19H23BrN2O3S/c1-22(2)13-8-9-14-15(12-13)18(25-3)11-10-17(14)21-26(23,24)19-7-5-4-6-16(19)20/h4-7,10-11,13,21H,8-9,12H2,1-3H3/t13-/m0/s1. The summed E-state index contributed by atoms with van der Waals surface area (Å²) >= 11 is 3.32. The Hall–Kier alpha value is -1.57. The first kappa shape index (κ1) is 19.2. The summed E-state index contributed by atoms with van der Waals surface area (Å²) < 4.78 is 34.6. The van der Waals surface area contributed by atoms with Crippen LogP contribution in [0.25, 0.3) is 0 Å². The molecule has 7 heteroatoms. The second kappa shape index (κ2) is 7.58. The Kier molecular flexibility index (Phi) is 5.60. The molecular weight excluding hydrogens is 416 g/mol. The second-order valence-electron chi connectivity index (χ2n) is 6.67. The number of halogens is 1. The van der Waals surface area contributed by atoms with Crippen molar-refractivity contribution in [3.8, 4) is 5.75 Å². The topological polar surface area (TPSA) is 58.6 Å². The number of nitrogens with one attached hydrogen (secondary N) is 1. The van der Waals surface area contributed by atoms with Crippen molar-refractivity contribution in [3.05, 3.63) is 52.0 Å². The van der Waals surface area contributed by atoms with E-state index in [1.807, 2.05) is 6.07 Å². The normalized spacial score (nSPS) is 17.0. The van der Waals surface area contributed by atoms with E-state index < -0.39 is 10.0 Å². The highest BCUT2D eigenvalue weighted by molar-refractivity contribution is 9.10. The summed E-state index contributed by atoms with van der Waals surface area (Å²) in [5.74, 6) is 0.815. The van der Waals surface area contributed by atoms with Gasteiger partial charge in [0.1, 0.15) is 10.6 Å². The van der Waals surface area contributed by atoms with Crippen LogP contribution in [0.4, 0.5) is 5.69 Å². The van der Waals surface area contributed by atoms with Crippen LogP contribution < -0.4 is 9.46 Å². The van der Waals surface area contributed by atoms with Crippen molar-refractivity contribution in [2.45, 2.75) is 30.2 Å². The highest BCUT2D eigenvalue weighted by atomic mass is 79.9. The molecule has 0 radical (unpaired) electrons. The lowest BCUT2D eigenvalue weighted by Crippen LogP contribution is -2.34. The number of hydrogen-bond acceptors (Lipinski definition) is 4.